The smallest absolute Gasteiger partial charge is 0.122 e. The maximum absolute atomic E-state index is 10.4. The zero-order chi connectivity index (χ0) is 22.5. The van der Waals surface area contributed by atoms with Crippen molar-refractivity contribution in [1.82, 2.24) is 10.3 Å². The van der Waals surface area contributed by atoms with Crippen molar-refractivity contribution in [3.05, 3.63) is 90.0 Å². The molecule has 168 valence electrons. The van der Waals surface area contributed by atoms with Crippen molar-refractivity contribution in [3.8, 4) is 0 Å². The molecule has 0 saturated carbocycles. The number of anilines is 1. The maximum atomic E-state index is 10.4. The zero-order valence-corrected chi connectivity index (χ0v) is 18.6. The first-order chi connectivity index (χ1) is 16.3. The second-order valence-electron chi connectivity index (χ2n) is 8.38. The van der Waals surface area contributed by atoms with Crippen molar-refractivity contribution >= 4 is 33.3 Å². The van der Waals surface area contributed by atoms with Crippen LogP contribution in [0.5, 0.6) is 0 Å². The number of hydrogen-bond acceptors (Lipinski definition) is 5. The van der Waals surface area contributed by atoms with Crippen LogP contribution in [0.15, 0.2) is 78.9 Å². The predicted octanol–water partition coefficient (Wildman–Crippen LogP) is 4.75. The lowest BCUT2D eigenvalue weighted by molar-refractivity contribution is 0.0927. The number of nitrogens with zero attached hydrogens (tertiary/aromatic N) is 1. The van der Waals surface area contributed by atoms with E-state index in [1.165, 1.54) is 5.56 Å². The minimum atomic E-state index is -0.567. The van der Waals surface area contributed by atoms with Crippen LogP contribution in [0.3, 0.4) is 0 Å². The number of para-hydroxylation sites is 2. The summed E-state index contributed by atoms with van der Waals surface area (Å²) in [5.41, 5.74) is 5.52. The number of allylic oxidation sites excluding steroid dienone is 1. The number of pyridine rings is 1. The fourth-order valence-corrected chi connectivity index (χ4v) is 4.40. The number of aliphatic hydroxyl groups is 1. The molecule has 1 unspecified atom stereocenters. The van der Waals surface area contributed by atoms with Gasteiger partial charge in [0.05, 0.1) is 16.7 Å². The molecule has 5 heteroatoms. The summed E-state index contributed by atoms with van der Waals surface area (Å²) in [7, 11) is 0. The summed E-state index contributed by atoms with van der Waals surface area (Å²) in [6.07, 6.45) is 3.57. The summed E-state index contributed by atoms with van der Waals surface area (Å²) < 4.78 is 5.94. The van der Waals surface area contributed by atoms with Crippen LogP contribution in [-0.2, 0) is 11.2 Å². The van der Waals surface area contributed by atoms with Crippen LogP contribution in [-0.4, -0.2) is 42.4 Å². The van der Waals surface area contributed by atoms with E-state index in [0.29, 0.717) is 6.54 Å². The van der Waals surface area contributed by atoms with Crippen LogP contribution in [0.2, 0.25) is 0 Å². The molecular formula is C28H29N3O2. The summed E-state index contributed by atoms with van der Waals surface area (Å²) >= 11 is 0. The van der Waals surface area contributed by atoms with Crippen LogP contribution >= 0.6 is 0 Å². The Bertz CT molecular complexity index is 1230. The minimum absolute atomic E-state index is 0.278. The van der Waals surface area contributed by atoms with Gasteiger partial charge >= 0.3 is 0 Å². The number of fused-ring (bicyclic) bond motifs is 3. The number of aromatic nitrogens is 1. The molecule has 0 saturated heterocycles. The molecule has 33 heavy (non-hydrogen) atoms. The molecule has 5 rings (SSSR count). The highest BCUT2D eigenvalue weighted by molar-refractivity contribution is 6.07. The molecule has 0 amide bonds. The lowest BCUT2D eigenvalue weighted by Gasteiger charge is -2.20. The first-order valence-corrected chi connectivity index (χ1v) is 11.6. The third-order valence-electron chi connectivity index (χ3n) is 6.03. The van der Waals surface area contributed by atoms with E-state index in [1.54, 1.807) is 0 Å². The minimum Gasteiger partial charge on any atom is -0.491 e. The normalized spacial score (nSPS) is 14.0. The standard InChI is InChI=1S/C28H29N3O2/c32-21(19-33-27-15-7-9-20-8-1-2-10-22(20)27)18-29-16-17-30-28-23-11-3-5-13-25(23)31-26-14-6-4-12-24(26)28/h1-6,8,10-15,21,29,32H,7,9,16-19H2,(H,30,31). The third kappa shape index (κ3) is 4.85. The summed E-state index contributed by atoms with van der Waals surface area (Å²) in [6, 6.07) is 24.7. The monoisotopic (exact) mass is 439 g/mol. The molecule has 1 aliphatic carbocycles. The SMILES string of the molecule is OC(CNCCNc1c2ccccc2nc2ccccc12)COC1=CCCc2ccccc21. The van der Waals surface area contributed by atoms with Gasteiger partial charge in [-0.2, -0.15) is 0 Å². The fraction of sp³-hybridized carbons (Fsp3) is 0.250. The quantitative estimate of drug-likeness (QED) is 0.259. The number of aliphatic hydroxyl groups excluding tert-OH is 1. The molecule has 1 aromatic heterocycles. The lowest BCUT2D eigenvalue weighted by atomic mass is 9.96. The molecule has 3 aromatic carbocycles. The summed E-state index contributed by atoms with van der Waals surface area (Å²) in [6.45, 7) is 2.23. The molecule has 0 bridgehead atoms. The van der Waals surface area contributed by atoms with Crippen LogP contribution in [0.4, 0.5) is 5.69 Å². The highest BCUT2D eigenvalue weighted by Crippen LogP contribution is 2.30. The van der Waals surface area contributed by atoms with E-state index >= 15 is 0 Å². The Kier molecular flexibility index (Phi) is 6.51. The van der Waals surface area contributed by atoms with Gasteiger partial charge in [0.25, 0.3) is 0 Å². The molecule has 0 aliphatic heterocycles. The van der Waals surface area contributed by atoms with E-state index in [-0.39, 0.29) is 6.61 Å². The number of benzene rings is 3. The molecule has 4 aromatic rings. The van der Waals surface area contributed by atoms with Gasteiger partial charge in [0, 0.05) is 36.0 Å². The van der Waals surface area contributed by atoms with Crippen molar-refractivity contribution in [2.24, 2.45) is 0 Å². The highest BCUT2D eigenvalue weighted by atomic mass is 16.5. The van der Waals surface area contributed by atoms with E-state index < -0.39 is 6.10 Å². The summed E-state index contributed by atoms with van der Waals surface area (Å²) in [4.78, 5) is 4.77. The van der Waals surface area contributed by atoms with E-state index in [0.717, 1.165) is 64.7 Å². The largest absolute Gasteiger partial charge is 0.491 e. The Labute approximate surface area is 194 Å². The topological polar surface area (TPSA) is 66.4 Å². The fourth-order valence-electron chi connectivity index (χ4n) is 4.40. The number of ether oxygens (including phenoxy) is 1. The van der Waals surface area contributed by atoms with Gasteiger partial charge in [-0.1, -0.05) is 60.7 Å². The highest BCUT2D eigenvalue weighted by Gasteiger charge is 2.14. The van der Waals surface area contributed by atoms with E-state index in [9.17, 15) is 5.11 Å². The first kappa shape index (κ1) is 21.4. The Balaban J connectivity index is 1.13. The molecule has 0 fully saturated rings. The molecule has 5 nitrogen and oxygen atoms in total. The molecule has 0 spiro atoms. The first-order valence-electron chi connectivity index (χ1n) is 11.6. The average molecular weight is 440 g/mol. The Morgan fingerprint density at radius 2 is 1.58 bits per heavy atom. The Hall–Kier alpha value is -3.41. The van der Waals surface area contributed by atoms with Gasteiger partial charge in [-0.15, -0.1) is 0 Å². The van der Waals surface area contributed by atoms with Gasteiger partial charge in [0.2, 0.25) is 0 Å². The van der Waals surface area contributed by atoms with Gasteiger partial charge < -0.3 is 20.5 Å². The van der Waals surface area contributed by atoms with Crippen LogP contribution in [0.25, 0.3) is 27.6 Å². The molecule has 1 aliphatic rings. The number of rotatable bonds is 9. The predicted molar refractivity (Wildman–Crippen MR) is 135 cm³/mol. The molecule has 0 radical (unpaired) electrons. The molecular weight excluding hydrogens is 410 g/mol. The Morgan fingerprint density at radius 3 is 2.36 bits per heavy atom. The Morgan fingerprint density at radius 1 is 0.879 bits per heavy atom. The zero-order valence-electron chi connectivity index (χ0n) is 18.6. The van der Waals surface area contributed by atoms with Crippen molar-refractivity contribution < 1.29 is 9.84 Å². The second kappa shape index (κ2) is 10.0. The van der Waals surface area contributed by atoms with Crippen molar-refractivity contribution in [2.75, 3.05) is 31.6 Å². The van der Waals surface area contributed by atoms with Gasteiger partial charge in [0.15, 0.2) is 0 Å². The van der Waals surface area contributed by atoms with E-state index in [1.807, 2.05) is 42.5 Å². The summed E-state index contributed by atoms with van der Waals surface area (Å²) in [5.74, 6) is 0.883. The van der Waals surface area contributed by atoms with Crippen LogP contribution < -0.4 is 10.6 Å². The average Bonchev–Trinajstić information content (AvgIpc) is 2.86. The van der Waals surface area contributed by atoms with Crippen molar-refractivity contribution in [1.29, 1.82) is 0 Å². The van der Waals surface area contributed by atoms with Gasteiger partial charge in [-0.05, 0) is 36.6 Å². The van der Waals surface area contributed by atoms with Crippen molar-refractivity contribution in [2.45, 2.75) is 18.9 Å². The number of nitrogens with one attached hydrogen (secondary N) is 2. The van der Waals surface area contributed by atoms with Gasteiger partial charge in [-0.25, -0.2) is 4.98 Å². The van der Waals surface area contributed by atoms with Crippen LogP contribution in [0.1, 0.15) is 17.5 Å². The van der Waals surface area contributed by atoms with Gasteiger partial charge in [-0.3, -0.25) is 0 Å². The van der Waals surface area contributed by atoms with Crippen molar-refractivity contribution in [3.63, 3.8) is 0 Å². The van der Waals surface area contributed by atoms with Crippen LogP contribution in [0, 0.1) is 0 Å². The third-order valence-corrected chi connectivity index (χ3v) is 6.03. The maximum Gasteiger partial charge on any atom is 0.122 e. The van der Waals surface area contributed by atoms with E-state index in [2.05, 4.69) is 47.0 Å². The molecule has 3 N–H and O–H groups in total. The van der Waals surface area contributed by atoms with E-state index in [4.69, 9.17) is 9.72 Å². The molecule has 1 heterocycles. The summed E-state index contributed by atoms with van der Waals surface area (Å²) in [5, 5.41) is 19.5. The van der Waals surface area contributed by atoms with Gasteiger partial charge in [0.1, 0.15) is 18.5 Å². The lowest BCUT2D eigenvalue weighted by Crippen LogP contribution is -2.33. The number of aryl methyl sites for hydroxylation is 1. The second-order valence-corrected chi connectivity index (χ2v) is 8.38. The molecule has 1 atom stereocenters. The number of hydrogen-bond donors (Lipinski definition) is 3.